The summed E-state index contributed by atoms with van der Waals surface area (Å²) in [7, 11) is 1.76. The lowest BCUT2D eigenvalue weighted by Crippen LogP contribution is -2.16. The zero-order valence-electron chi connectivity index (χ0n) is 20.3. The SMILES string of the molecule is CCC(C)Cc1nc(Cl)c(CO)n1C(C)c1ccc(-c2ccccc2-c2nnn(C)n2)cc1C.[HH].[HH].[HH].[HH].[HH].[HH].[HH].[HH].[HH].[HH].[HH].[HH].[HH].[HH].[HH].[HH].[HH].[HH].[HH].[HH].[HH].[HH].[HH].[HH].[HH].[HH].[HH].[HH].[HH].[HH].[HH].[HH].[HH].[HH].[HH].[HH].[HH].[HH].[HH].[HH].[HH].[HH].[HH].[HH].[HH].[HH].[HH].[HH].[HH].[HH].[HH].[HH].[HH].[HH].[HH].[HH].[HH].[HH].[HH].[HH].[HH].[HH].[HH].[HH].[HH].[HH].[HH].[HH].[HH].[HH].[HH].[HH].[HH].[HH].[HH].[HH].[HH].[HH].[HH].[HH].[HH].[HH].[HH].[HH].[HH].[HH].[HH].[HH].[HH].[HH].[HH].[HH].[HH].[HH].[HH].[HH].[HH].[HH].[HH].[HH].[HH].[HH].[HH].[HH].[HH]. The molecule has 0 radical (unpaired) electrons. The normalized spacial score (nSPS) is 13.3. The molecule has 2 aromatic carbocycles. The van der Waals surface area contributed by atoms with Crippen LogP contribution in [0.3, 0.4) is 0 Å². The molecule has 4 rings (SSSR count). The van der Waals surface area contributed by atoms with Gasteiger partial charge in [0.1, 0.15) is 5.82 Å². The number of aliphatic hydroxyl groups is 1. The summed E-state index contributed by atoms with van der Waals surface area (Å²) in [6.07, 6.45) is 1.87. The number of hydrogen-bond acceptors (Lipinski definition) is 5. The van der Waals surface area contributed by atoms with Gasteiger partial charge < -0.3 is 9.67 Å². The monoisotopic (exact) mass is 690 g/mol. The van der Waals surface area contributed by atoms with Crippen LogP contribution in [0.1, 0.15) is 206 Å². The summed E-state index contributed by atoms with van der Waals surface area (Å²) in [6, 6.07) is 14.5. The van der Waals surface area contributed by atoms with Crippen LogP contribution in [0.5, 0.6) is 0 Å². The Kier molecular flexibility index (Phi) is 7.14. The van der Waals surface area contributed by atoms with E-state index in [-0.39, 0.29) is 162 Å². The minimum absolute atomic E-state index is 0. The summed E-state index contributed by atoms with van der Waals surface area (Å²) in [6.45, 7) is 8.49. The molecule has 1 N–H and O–H groups in total. The fourth-order valence-corrected chi connectivity index (χ4v) is 4.71. The molecule has 0 fully saturated rings. The lowest BCUT2D eigenvalue weighted by atomic mass is 9.93. The highest BCUT2D eigenvalue weighted by atomic mass is 35.5. The van der Waals surface area contributed by atoms with E-state index in [0.717, 1.165) is 46.5 Å². The van der Waals surface area contributed by atoms with Gasteiger partial charge in [-0.25, -0.2) is 4.98 Å². The van der Waals surface area contributed by atoms with Gasteiger partial charge in [0, 0.05) is 162 Å². The van der Waals surface area contributed by atoms with Crippen molar-refractivity contribution in [1.29, 1.82) is 0 Å². The molecule has 0 aliphatic carbocycles. The number of aryl methyl sites for hydroxylation is 2. The van der Waals surface area contributed by atoms with Gasteiger partial charge in [-0.3, -0.25) is 0 Å². The Morgan fingerprint density at radius 2 is 1.85 bits per heavy atom. The van der Waals surface area contributed by atoms with E-state index in [2.05, 4.69) is 76.9 Å². The van der Waals surface area contributed by atoms with Crippen LogP contribution in [-0.2, 0) is 20.1 Å². The van der Waals surface area contributed by atoms with E-state index in [1.165, 1.54) is 4.80 Å². The average molecular weight is 691 g/mol. The van der Waals surface area contributed by atoms with Crippen molar-refractivity contribution < 1.29 is 155 Å². The minimum Gasteiger partial charge on any atom is -0.390 e. The summed E-state index contributed by atoms with van der Waals surface area (Å²) in [5.74, 6) is 1.99. The number of benzene rings is 2. The van der Waals surface area contributed by atoms with Gasteiger partial charge in [0.05, 0.1) is 25.4 Å². The van der Waals surface area contributed by atoms with Crippen molar-refractivity contribution in [3.63, 3.8) is 0 Å². The first-order valence-corrected chi connectivity index (χ1v) is 12.0. The van der Waals surface area contributed by atoms with Crippen LogP contribution in [0.25, 0.3) is 22.5 Å². The zero-order chi connectivity index (χ0) is 24.4. The number of halogens is 1. The molecule has 0 aliphatic heterocycles. The predicted molar refractivity (Wildman–Crippen MR) is 357 cm³/mol. The number of rotatable bonds is 8. The highest BCUT2D eigenvalue weighted by Crippen LogP contribution is 2.34. The number of nitrogens with zero attached hydrogens (tertiary/aromatic N) is 6. The highest BCUT2D eigenvalue weighted by molar-refractivity contribution is 6.30. The number of aromatic nitrogens is 6. The molecule has 8 heteroatoms. The van der Waals surface area contributed by atoms with Gasteiger partial charge >= 0.3 is 0 Å². The number of imidazole rings is 1. The summed E-state index contributed by atoms with van der Waals surface area (Å²) >= 11 is 6.42. The van der Waals surface area contributed by atoms with E-state index >= 15 is 0 Å². The van der Waals surface area contributed by atoms with Crippen LogP contribution in [0.15, 0.2) is 42.5 Å². The fraction of sp³-hybridized carbons (Fsp3) is 0.385. The molecule has 4 aromatic rings. The van der Waals surface area contributed by atoms with E-state index in [1.54, 1.807) is 7.05 Å². The van der Waals surface area contributed by atoms with Gasteiger partial charge in [-0.1, -0.05) is 74.3 Å². The standard InChI is InChI=1S/C26H31ClN6O.105H2/c1-6-16(2)13-24-28-25(27)23(15-34)33(24)18(4)20-12-11-19(14-17(20)3)21-9-7-8-10-22(21)26-29-31-32(5)30-26;;;;;;;;;;;;;;;;;;;;;;;;;;;;;;;;;;;;;;;;;;;;;;;;;;;;;;;;;;;;;;;;;;;;;;;;;;;;;;;;;;;;;;;;;;;;;;;;;;;;;;;;;/h7-12,14,16,18,34H,6,13,15H2,1-5H3;105*1H. The van der Waals surface area contributed by atoms with Crippen LogP contribution in [0.2, 0.25) is 5.15 Å². The lowest BCUT2D eigenvalue weighted by molar-refractivity contribution is 0.268. The third kappa shape index (κ3) is 4.63. The first-order valence-electron chi connectivity index (χ1n) is 11.6. The average Bonchev–Trinajstić information content (AvgIpc) is 3.40. The van der Waals surface area contributed by atoms with Crippen LogP contribution in [-0.4, -0.2) is 34.9 Å². The minimum atomic E-state index is -0.147. The van der Waals surface area contributed by atoms with Gasteiger partial charge in [0.15, 0.2) is 5.15 Å². The molecule has 0 saturated carbocycles. The Hall–Kier alpha value is -3.03. The Balaban J connectivity index is -0.00000000130. The van der Waals surface area contributed by atoms with Gasteiger partial charge in [0.2, 0.25) is 5.82 Å². The van der Waals surface area contributed by atoms with E-state index < -0.39 is 0 Å². The summed E-state index contributed by atoms with van der Waals surface area (Å²) < 4.78 is 2.11. The summed E-state index contributed by atoms with van der Waals surface area (Å²) in [5.41, 5.74) is 6.05. The van der Waals surface area contributed by atoms with E-state index in [4.69, 9.17) is 11.6 Å². The molecular formula is C26H241ClN6O. The maximum Gasteiger partial charge on any atom is 0.205 e. The first-order chi connectivity index (χ1) is 16.3. The first kappa shape index (κ1) is 24.1. The number of aliphatic hydroxyl groups excluding tert-OH is 1. The molecule has 2 heterocycles. The lowest BCUT2D eigenvalue weighted by Gasteiger charge is -2.23. The molecule has 34 heavy (non-hydrogen) atoms. The molecule has 0 bridgehead atoms. The second-order valence-electron chi connectivity index (χ2n) is 8.91. The number of hydrogen-bond donors (Lipinski definition) is 1. The second-order valence-corrected chi connectivity index (χ2v) is 9.26. The van der Waals surface area contributed by atoms with Crippen molar-refractivity contribution in [1.82, 2.24) is 29.8 Å². The molecule has 0 saturated heterocycles. The van der Waals surface area contributed by atoms with E-state index in [0.29, 0.717) is 22.6 Å². The van der Waals surface area contributed by atoms with E-state index in [1.807, 2.05) is 18.2 Å². The molecular weight excluding hydrogens is 448 g/mol. The molecule has 7 nitrogen and oxygen atoms in total. The third-order valence-electron chi connectivity index (χ3n) is 6.51. The maximum absolute atomic E-state index is 10.0. The van der Waals surface area contributed by atoms with Crippen molar-refractivity contribution in [2.45, 2.75) is 53.2 Å². The largest absolute Gasteiger partial charge is 0.390 e. The highest BCUT2D eigenvalue weighted by Gasteiger charge is 2.23. The molecule has 2 atom stereocenters. The van der Waals surface area contributed by atoms with Crippen molar-refractivity contribution in [3.8, 4) is 22.5 Å². The van der Waals surface area contributed by atoms with Crippen molar-refractivity contribution in [2.75, 3.05) is 0 Å². The van der Waals surface area contributed by atoms with Crippen molar-refractivity contribution >= 4 is 11.6 Å². The zero-order valence-corrected chi connectivity index (χ0v) is 21.1. The molecule has 0 aliphatic rings. The van der Waals surface area contributed by atoms with Gasteiger partial charge in [-0.2, -0.15) is 4.80 Å². The quantitative estimate of drug-likeness (QED) is 0.199. The summed E-state index contributed by atoms with van der Waals surface area (Å²) in [5, 5.41) is 23.0. The smallest absolute Gasteiger partial charge is 0.205 e. The topological polar surface area (TPSA) is 81.7 Å². The fourth-order valence-electron chi connectivity index (χ4n) is 4.46. The Labute approximate surface area is 361 Å². The molecule has 388 valence electrons. The predicted octanol–water partition coefficient (Wildman–Crippen LogP) is 31.2. The Bertz CT molecular complexity index is 1410. The molecule has 0 amide bonds. The third-order valence-corrected chi connectivity index (χ3v) is 6.81. The second kappa shape index (κ2) is 10.1. The molecule has 0 spiro atoms. The van der Waals surface area contributed by atoms with Crippen LogP contribution in [0, 0.1) is 12.8 Å². The van der Waals surface area contributed by atoms with Gasteiger partial charge in [0.25, 0.3) is 0 Å². The maximum atomic E-state index is 10.0. The molecule has 2 unspecified atom stereocenters. The van der Waals surface area contributed by atoms with Crippen molar-refractivity contribution in [2.24, 2.45) is 13.0 Å². The van der Waals surface area contributed by atoms with Gasteiger partial charge in [-0.05, 0) is 47.2 Å². The summed E-state index contributed by atoms with van der Waals surface area (Å²) in [4.78, 5) is 6.07. The van der Waals surface area contributed by atoms with Crippen LogP contribution < -0.4 is 0 Å². The van der Waals surface area contributed by atoms with Crippen LogP contribution >= 0.6 is 11.6 Å². The Morgan fingerprint density at radius 3 is 2.47 bits per heavy atom. The van der Waals surface area contributed by atoms with Crippen LogP contribution in [0.4, 0.5) is 0 Å². The van der Waals surface area contributed by atoms with E-state index in [9.17, 15) is 5.11 Å². The van der Waals surface area contributed by atoms with Crippen molar-refractivity contribution in [3.05, 3.63) is 70.3 Å². The molecule has 2 aromatic heterocycles. The van der Waals surface area contributed by atoms with Gasteiger partial charge in [-0.15, -0.1) is 10.2 Å². The number of tetrazole rings is 1. The Morgan fingerprint density at radius 1 is 1.12 bits per heavy atom.